The predicted octanol–water partition coefficient (Wildman–Crippen LogP) is 0.244. The second-order valence-corrected chi connectivity index (χ2v) is 6.08. The Labute approximate surface area is 116 Å². The molecule has 0 aromatic carbocycles. The normalized spacial score (nSPS) is 37.1. The molecule has 2 aliphatic rings. The average Bonchev–Trinajstić information content (AvgIpc) is 2.85. The maximum Gasteiger partial charge on any atom is 0.157 e. The SMILES string of the molecule is C=CCNC1=N[C@@H]2[C@H](C=O)[C@H](C=O)[C@H](CO)C[C@@H]2S1. The van der Waals surface area contributed by atoms with Gasteiger partial charge in [-0.15, -0.1) is 6.58 Å². The number of aldehydes is 2. The minimum Gasteiger partial charge on any atom is -0.396 e. The summed E-state index contributed by atoms with van der Waals surface area (Å²) in [5.74, 6) is -0.994. The third-order valence-electron chi connectivity index (χ3n) is 3.77. The number of aliphatic hydroxyl groups is 1. The highest BCUT2D eigenvalue weighted by molar-refractivity contribution is 8.14. The Hall–Kier alpha value is -1.14. The van der Waals surface area contributed by atoms with Gasteiger partial charge in [0.1, 0.15) is 12.6 Å². The smallest absolute Gasteiger partial charge is 0.157 e. The van der Waals surface area contributed by atoms with Crippen molar-refractivity contribution in [1.82, 2.24) is 5.32 Å². The molecule has 1 fully saturated rings. The third-order valence-corrected chi connectivity index (χ3v) is 5.02. The zero-order valence-corrected chi connectivity index (χ0v) is 11.4. The van der Waals surface area contributed by atoms with E-state index >= 15 is 0 Å². The molecule has 5 atom stereocenters. The van der Waals surface area contributed by atoms with Gasteiger partial charge < -0.3 is 20.0 Å². The number of aliphatic hydroxyl groups excluding tert-OH is 1. The molecule has 6 heteroatoms. The molecule has 1 heterocycles. The van der Waals surface area contributed by atoms with Crippen LogP contribution in [0.4, 0.5) is 0 Å². The van der Waals surface area contributed by atoms with Crippen LogP contribution in [0.1, 0.15) is 6.42 Å². The average molecular weight is 282 g/mol. The largest absolute Gasteiger partial charge is 0.396 e. The first kappa shape index (κ1) is 14.3. The van der Waals surface area contributed by atoms with Crippen molar-refractivity contribution in [1.29, 1.82) is 0 Å². The Morgan fingerprint density at radius 2 is 2.16 bits per heavy atom. The van der Waals surface area contributed by atoms with Crippen molar-refractivity contribution in [2.75, 3.05) is 13.2 Å². The Bertz CT molecular complexity index is 399. The van der Waals surface area contributed by atoms with E-state index in [-0.39, 0.29) is 23.8 Å². The molecule has 0 aromatic rings. The summed E-state index contributed by atoms with van der Waals surface area (Å²) in [6.45, 7) is 4.19. The fourth-order valence-electron chi connectivity index (χ4n) is 2.80. The van der Waals surface area contributed by atoms with Crippen LogP contribution in [0, 0.1) is 17.8 Å². The fourth-order valence-corrected chi connectivity index (χ4v) is 4.16. The summed E-state index contributed by atoms with van der Waals surface area (Å²) in [7, 11) is 0. The topological polar surface area (TPSA) is 78.8 Å². The fraction of sp³-hybridized carbons (Fsp3) is 0.615. The van der Waals surface area contributed by atoms with Gasteiger partial charge in [-0.3, -0.25) is 4.99 Å². The van der Waals surface area contributed by atoms with Gasteiger partial charge in [-0.1, -0.05) is 17.8 Å². The van der Waals surface area contributed by atoms with Crippen LogP contribution in [-0.4, -0.2) is 47.3 Å². The molecule has 0 bridgehead atoms. The zero-order chi connectivity index (χ0) is 13.8. The maximum atomic E-state index is 11.3. The van der Waals surface area contributed by atoms with Crippen molar-refractivity contribution in [3.63, 3.8) is 0 Å². The quantitative estimate of drug-likeness (QED) is 0.558. The van der Waals surface area contributed by atoms with E-state index in [1.165, 1.54) is 0 Å². The monoisotopic (exact) mass is 282 g/mol. The Balaban J connectivity index is 2.16. The molecular weight excluding hydrogens is 264 g/mol. The number of amidine groups is 1. The minimum absolute atomic E-state index is 0.0626. The molecule has 0 radical (unpaired) electrons. The minimum atomic E-state index is -0.427. The molecule has 0 spiro atoms. The highest BCUT2D eigenvalue weighted by atomic mass is 32.2. The van der Waals surface area contributed by atoms with Crippen molar-refractivity contribution in [3.8, 4) is 0 Å². The molecule has 2 N–H and O–H groups in total. The summed E-state index contributed by atoms with van der Waals surface area (Å²) >= 11 is 1.59. The van der Waals surface area contributed by atoms with Crippen molar-refractivity contribution < 1.29 is 14.7 Å². The number of nitrogens with one attached hydrogen (secondary N) is 1. The first-order chi connectivity index (χ1) is 9.24. The van der Waals surface area contributed by atoms with Crippen molar-refractivity contribution in [3.05, 3.63) is 12.7 Å². The lowest BCUT2D eigenvalue weighted by molar-refractivity contribution is -0.124. The lowest BCUT2D eigenvalue weighted by atomic mass is 9.71. The van der Waals surface area contributed by atoms with E-state index in [0.717, 1.165) is 17.7 Å². The summed E-state index contributed by atoms with van der Waals surface area (Å²) < 4.78 is 0. The number of aliphatic imine (C=N–C) groups is 1. The van der Waals surface area contributed by atoms with E-state index < -0.39 is 11.8 Å². The van der Waals surface area contributed by atoms with Crippen LogP contribution in [0.2, 0.25) is 0 Å². The molecule has 0 saturated heterocycles. The molecule has 1 aliphatic carbocycles. The van der Waals surface area contributed by atoms with Crippen LogP contribution in [0.25, 0.3) is 0 Å². The van der Waals surface area contributed by atoms with Gasteiger partial charge in [0.15, 0.2) is 5.17 Å². The van der Waals surface area contributed by atoms with Crippen LogP contribution in [0.5, 0.6) is 0 Å². The summed E-state index contributed by atoms with van der Waals surface area (Å²) in [6.07, 6.45) is 4.07. The lowest BCUT2D eigenvalue weighted by Gasteiger charge is -2.37. The molecule has 0 aromatic heterocycles. The number of rotatable bonds is 5. The van der Waals surface area contributed by atoms with Gasteiger partial charge in [0.2, 0.25) is 0 Å². The summed E-state index contributed by atoms with van der Waals surface area (Å²) in [5.41, 5.74) is 0. The predicted molar refractivity (Wildman–Crippen MR) is 75.1 cm³/mol. The van der Waals surface area contributed by atoms with Gasteiger partial charge in [-0.25, -0.2) is 0 Å². The highest BCUT2D eigenvalue weighted by Gasteiger charge is 2.47. The number of thioether (sulfide) groups is 1. The maximum absolute atomic E-state index is 11.3. The van der Waals surface area contributed by atoms with Crippen LogP contribution in [0.15, 0.2) is 17.6 Å². The van der Waals surface area contributed by atoms with Gasteiger partial charge >= 0.3 is 0 Å². The Morgan fingerprint density at radius 1 is 1.42 bits per heavy atom. The number of hydrogen-bond acceptors (Lipinski definition) is 6. The molecule has 5 nitrogen and oxygen atoms in total. The number of fused-ring (bicyclic) bond motifs is 1. The highest BCUT2D eigenvalue weighted by Crippen LogP contribution is 2.43. The van der Waals surface area contributed by atoms with Gasteiger partial charge in [-0.2, -0.15) is 0 Å². The van der Waals surface area contributed by atoms with E-state index in [2.05, 4.69) is 16.9 Å². The lowest BCUT2D eigenvalue weighted by Crippen LogP contribution is -2.45. The number of nitrogens with zero attached hydrogens (tertiary/aromatic N) is 1. The van der Waals surface area contributed by atoms with Crippen LogP contribution in [0.3, 0.4) is 0 Å². The summed E-state index contributed by atoms with van der Waals surface area (Å²) in [5, 5.41) is 13.5. The summed E-state index contributed by atoms with van der Waals surface area (Å²) in [4.78, 5) is 27.0. The number of hydrogen-bond donors (Lipinski definition) is 2. The number of carbonyl (C=O) groups is 2. The molecule has 0 amide bonds. The van der Waals surface area contributed by atoms with Crippen LogP contribution < -0.4 is 5.32 Å². The van der Waals surface area contributed by atoms with Crippen molar-refractivity contribution in [2.45, 2.75) is 17.7 Å². The van der Waals surface area contributed by atoms with E-state index in [4.69, 9.17) is 0 Å². The van der Waals surface area contributed by atoms with Gasteiger partial charge in [0.05, 0.1) is 6.04 Å². The van der Waals surface area contributed by atoms with Crippen LogP contribution >= 0.6 is 11.8 Å². The second kappa shape index (κ2) is 6.34. The summed E-state index contributed by atoms with van der Waals surface area (Å²) in [6, 6.07) is -0.159. The van der Waals surface area contributed by atoms with E-state index in [9.17, 15) is 14.7 Å². The first-order valence-electron chi connectivity index (χ1n) is 6.35. The van der Waals surface area contributed by atoms with Gasteiger partial charge in [0.25, 0.3) is 0 Å². The zero-order valence-electron chi connectivity index (χ0n) is 10.6. The second-order valence-electron chi connectivity index (χ2n) is 4.86. The molecule has 0 unspecified atom stereocenters. The molecule has 104 valence electrons. The molecule has 1 aliphatic heterocycles. The van der Waals surface area contributed by atoms with E-state index in [1.807, 2.05) is 0 Å². The molecule has 2 rings (SSSR count). The third kappa shape index (κ3) is 2.74. The first-order valence-corrected chi connectivity index (χ1v) is 7.23. The Morgan fingerprint density at radius 3 is 2.74 bits per heavy atom. The van der Waals surface area contributed by atoms with Crippen LogP contribution in [-0.2, 0) is 9.59 Å². The molecule has 19 heavy (non-hydrogen) atoms. The van der Waals surface area contributed by atoms with Crippen molar-refractivity contribution in [2.24, 2.45) is 22.7 Å². The molecule has 1 saturated carbocycles. The van der Waals surface area contributed by atoms with Gasteiger partial charge in [0, 0.05) is 30.2 Å². The van der Waals surface area contributed by atoms with E-state index in [1.54, 1.807) is 17.8 Å². The number of carbonyl (C=O) groups excluding carboxylic acids is 2. The van der Waals surface area contributed by atoms with Crippen molar-refractivity contribution >= 4 is 29.5 Å². The van der Waals surface area contributed by atoms with Gasteiger partial charge in [-0.05, 0) is 12.3 Å². The standard InChI is InChI=1S/C13H18N2O3S/c1-2-3-14-13-15-12-10(7-18)9(6-17)8(5-16)4-11(12)19-13/h2,6-12,16H,1,3-5H2,(H,14,15)/t8-,9+,10+,11-,12+/m0/s1. The van der Waals surface area contributed by atoms with E-state index in [0.29, 0.717) is 13.0 Å². The molecular formula is C13H18N2O3S. The Kier molecular flexibility index (Phi) is 4.76.